The van der Waals surface area contributed by atoms with E-state index in [2.05, 4.69) is 11.4 Å². The number of nitrogens with one attached hydrogen (secondary N) is 1. The van der Waals surface area contributed by atoms with Crippen LogP contribution in [-0.2, 0) is 4.79 Å². The fraction of sp³-hybridized carbons (Fsp3) is 0.227. The molecule has 0 radical (unpaired) electrons. The van der Waals surface area contributed by atoms with Crippen molar-refractivity contribution in [2.75, 3.05) is 5.32 Å². The van der Waals surface area contributed by atoms with Gasteiger partial charge in [-0.3, -0.25) is 4.79 Å². The Morgan fingerprint density at radius 3 is 2.52 bits per heavy atom. The maximum atomic E-state index is 12.6. The van der Waals surface area contributed by atoms with Crippen molar-refractivity contribution in [3.8, 4) is 5.75 Å². The smallest absolute Gasteiger partial charge is 0.265 e. The van der Waals surface area contributed by atoms with Gasteiger partial charge in [-0.15, -0.1) is 0 Å². The molecule has 0 saturated heterocycles. The highest BCUT2D eigenvalue weighted by atomic mass is 16.5. The number of fused-ring (bicyclic) bond motifs is 1. The quantitative estimate of drug-likeness (QED) is 0.692. The summed E-state index contributed by atoms with van der Waals surface area (Å²) in [6.45, 7) is 5.95. The summed E-state index contributed by atoms with van der Waals surface area (Å²) in [7, 11) is 0. The van der Waals surface area contributed by atoms with Crippen LogP contribution in [0.1, 0.15) is 24.5 Å². The van der Waals surface area contributed by atoms with Crippen LogP contribution in [0.2, 0.25) is 0 Å². The second-order valence-corrected chi connectivity index (χ2v) is 6.33. The van der Waals surface area contributed by atoms with Crippen LogP contribution in [0.3, 0.4) is 0 Å². The Balaban J connectivity index is 1.76. The Kier molecular flexibility index (Phi) is 5.03. The summed E-state index contributed by atoms with van der Waals surface area (Å²) in [5, 5.41) is 5.25. The third-order valence-corrected chi connectivity index (χ3v) is 4.31. The first-order valence-electron chi connectivity index (χ1n) is 8.60. The van der Waals surface area contributed by atoms with E-state index in [4.69, 9.17) is 4.74 Å². The van der Waals surface area contributed by atoms with Gasteiger partial charge in [0.15, 0.2) is 6.10 Å². The van der Waals surface area contributed by atoms with Gasteiger partial charge in [0.2, 0.25) is 0 Å². The number of hydrogen-bond acceptors (Lipinski definition) is 2. The molecule has 0 aliphatic rings. The highest BCUT2D eigenvalue weighted by Crippen LogP contribution is 2.23. The Labute approximate surface area is 148 Å². The number of carbonyl (C=O) groups excluding carboxylic acids is 1. The molecule has 3 aromatic carbocycles. The average molecular weight is 333 g/mol. The minimum Gasteiger partial charge on any atom is -0.481 e. The highest BCUT2D eigenvalue weighted by molar-refractivity contribution is 5.95. The number of anilines is 1. The van der Waals surface area contributed by atoms with E-state index in [9.17, 15) is 4.79 Å². The van der Waals surface area contributed by atoms with Crippen LogP contribution in [0.4, 0.5) is 5.69 Å². The average Bonchev–Trinajstić information content (AvgIpc) is 2.62. The first-order chi connectivity index (χ1) is 12.1. The molecular formula is C22H23NO2. The molecular weight excluding hydrogens is 310 g/mol. The number of benzene rings is 3. The van der Waals surface area contributed by atoms with E-state index in [1.807, 2.05) is 75.4 Å². The predicted molar refractivity (Wildman–Crippen MR) is 103 cm³/mol. The zero-order chi connectivity index (χ0) is 17.8. The fourth-order valence-electron chi connectivity index (χ4n) is 2.81. The lowest BCUT2D eigenvalue weighted by atomic mass is 10.1. The molecule has 1 N–H and O–H groups in total. The molecule has 0 bridgehead atoms. The van der Waals surface area contributed by atoms with Crippen molar-refractivity contribution in [2.45, 2.75) is 33.3 Å². The van der Waals surface area contributed by atoms with Crippen LogP contribution < -0.4 is 10.1 Å². The van der Waals surface area contributed by atoms with Crippen molar-refractivity contribution < 1.29 is 9.53 Å². The zero-order valence-corrected chi connectivity index (χ0v) is 14.9. The predicted octanol–water partition coefficient (Wildman–Crippen LogP) is 5.25. The Hall–Kier alpha value is -2.81. The van der Waals surface area contributed by atoms with Gasteiger partial charge in [-0.05, 0) is 60.4 Å². The molecule has 0 aliphatic carbocycles. The summed E-state index contributed by atoms with van der Waals surface area (Å²) in [5.41, 5.74) is 2.99. The fourth-order valence-corrected chi connectivity index (χ4v) is 2.81. The zero-order valence-electron chi connectivity index (χ0n) is 14.9. The van der Waals surface area contributed by atoms with Gasteiger partial charge in [0.1, 0.15) is 5.75 Å². The van der Waals surface area contributed by atoms with Gasteiger partial charge >= 0.3 is 0 Å². The molecule has 0 aliphatic heterocycles. The van der Waals surface area contributed by atoms with E-state index < -0.39 is 6.10 Å². The molecule has 0 saturated carbocycles. The second-order valence-electron chi connectivity index (χ2n) is 6.33. The normalized spacial score (nSPS) is 12.0. The van der Waals surface area contributed by atoms with Crippen molar-refractivity contribution in [2.24, 2.45) is 0 Å². The van der Waals surface area contributed by atoms with Crippen molar-refractivity contribution in [1.29, 1.82) is 0 Å². The van der Waals surface area contributed by atoms with E-state index in [0.717, 1.165) is 27.6 Å². The van der Waals surface area contributed by atoms with Gasteiger partial charge in [-0.2, -0.15) is 0 Å². The molecule has 1 atom stereocenters. The molecule has 0 unspecified atom stereocenters. The molecule has 0 spiro atoms. The number of rotatable bonds is 5. The molecule has 3 rings (SSSR count). The molecule has 3 nitrogen and oxygen atoms in total. The van der Waals surface area contributed by atoms with E-state index in [0.29, 0.717) is 12.2 Å². The van der Waals surface area contributed by atoms with Crippen LogP contribution in [0.15, 0.2) is 60.7 Å². The molecule has 1 amide bonds. The summed E-state index contributed by atoms with van der Waals surface area (Å²) in [6.07, 6.45) is 0.0739. The number of carbonyl (C=O) groups is 1. The largest absolute Gasteiger partial charge is 0.481 e. The summed E-state index contributed by atoms with van der Waals surface area (Å²) in [5.74, 6) is 0.589. The van der Waals surface area contributed by atoms with Crippen molar-refractivity contribution >= 4 is 22.4 Å². The third kappa shape index (κ3) is 4.00. The third-order valence-electron chi connectivity index (χ3n) is 4.31. The maximum Gasteiger partial charge on any atom is 0.265 e. The standard InChI is InChI=1S/C22H23NO2/c1-4-21(22(24)23-20-13-15(2)9-10-16(20)3)25-19-12-11-17-7-5-6-8-18(17)14-19/h5-14,21H,4H2,1-3H3,(H,23,24)/t21-/m0/s1. The molecule has 0 heterocycles. The molecule has 0 fully saturated rings. The Morgan fingerprint density at radius 1 is 1.00 bits per heavy atom. The van der Waals surface area contributed by atoms with E-state index >= 15 is 0 Å². The van der Waals surface area contributed by atoms with Crippen LogP contribution in [0, 0.1) is 13.8 Å². The SMILES string of the molecule is CC[C@H](Oc1ccc2ccccc2c1)C(=O)Nc1cc(C)ccc1C. The van der Waals surface area contributed by atoms with Gasteiger partial charge < -0.3 is 10.1 Å². The number of aryl methyl sites for hydroxylation is 2. The summed E-state index contributed by atoms with van der Waals surface area (Å²) < 4.78 is 5.96. The highest BCUT2D eigenvalue weighted by Gasteiger charge is 2.19. The minimum atomic E-state index is -0.527. The van der Waals surface area contributed by atoms with Gasteiger partial charge in [0.05, 0.1) is 0 Å². The summed E-state index contributed by atoms with van der Waals surface area (Å²) in [6, 6.07) is 20.0. The van der Waals surface area contributed by atoms with Crippen molar-refractivity contribution in [1.82, 2.24) is 0 Å². The van der Waals surface area contributed by atoms with Crippen LogP contribution in [-0.4, -0.2) is 12.0 Å². The molecule has 128 valence electrons. The van der Waals surface area contributed by atoms with Crippen molar-refractivity contribution in [3.05, 3.63) is 71.8 Å². The van der Waals surface area contributed by atoms with Gasteiger partial charge in [-0.25, -0.2) is 0 Å². The maximum absolute atomic E-state index is 12.6. The second kappa shape index (κ2) is 7.39. The molecule has 25 heavy (non-hydrogen) atoms. The Morgan fingerprint density at radius 2 is 1.76 bits per heavy atom. The van der Waals surface area contributed by atoms with E-state index in [1.54, 1.807) is 0 Å². The van der Waals surface area contributed by atoms with Crippen LogP contribution in [0.5, 0.6) is 5.75 Å². The lowest BCUT2D eigenvalue weighted by Crippen LogP contribution is -2.32. The summed E-state index contributed by atoms with van der Waals surface area (Å²) in [4.78, 5) is 12.6. The topological polar surface area (TPSA) is 38.3 Å². The number of amides is 1. The number of hydrogen-bond donors (Lipinski definition) is 1. The lowest BCUT2D eigenvalue weighted by Gasteiger charge is -2.18. The van der Waals surface area contributed by atoms with Crippen LogP contribution >= 0.6 is 0 Å². The van der Waals surface area contributed by atoms with Crippen LogP contribution in [0.25, 0.3) is 10.8 Å². The van der Waals surface area contributed by atoms with E-state index in [-0.39, 0.29) is 5.91 Å². The first-order valence-corrected chi connectivity index (χ1v) is 8.60. The number of ether oxygens (including phenoxy) is 1. The molecule has 3 aromatic rings. The first kappa shape index (κ1) is 17.0. The molecule has 0 aromatic heterocycles. The van der Waals surface area contributed by atoms with E-state index in [1.165, 1.54) is 0 Å². The summed E-state index contributed by atoms with van der Waals surface area (Å²) >= 11 is 0. The van der Waals surface area contributed by atoms with Gasteiger partial charge in [0, 0.05) is 5.69 Å². The van der Waals surface area contributed by atoms with Gasteiger partial charge in [0.25, 0.3) is 5.91 Å². The minimum absolute atomic E-state index is 0.121. The lowest BCUT2D eigenvalue weighted by molar-refractivity contribution is -0.122. The van der Waals surface area contributed by atoms with Crippen molar-refractivity contribution in [3.63, 3.8) is 0 Å². The monoisotopic (exact) mass is 333 g/mol. The molecule has 3 heteroatoms. The van der Waals surface area contributed by atoms with Gasteiger partial charge in [-0.1, -0.05) is 49.4 Å². The Bertz CT molecular complexity index is 901.